The van der Waals surface area contributed by atoms with Crippen LogP contribution in [0.5, 0.6) is 0 Å². The molecule has 0 unspecified atom stereocenters. The quantitative estimate of drug-likeness (QED) is 0.543. The Labute approximate surface area is 80.5 Å². The number of aromatic nitrogens is 1. The Bertz CT molecular complexity index is 403. The molecule has 0 atom stereocenters. The number of oxazole rings is 1. The third-order valence-electron chi connectivity index (χ3n) is 1.84. The van der Waals surface area contributed by atoms with Crippen molar-refractivity contribution < 1.29 is 13.9 Å². The molecule has 4 nitrogen and oxygen atoms in total. The van der Waals surface area contributed by atoms with Gasteiger partial charge in [-0.05, 0) is 12.1 Å². The number of hydrogen-bond donors (Lipinski definition) is 0. The van der Waals surface area contributed by atoms with E-state index < -0.39 is 0 Å². The molecule has 0 saturated carbocycles. The molecule has 14 heavy (non-hydrogen) atoms. The summed E-state index contributed by atoms with van der Waals surface area (Å²) in [5.41, 5.74) is 1.59. The summed E-state index contributed by atoms with van der Waals surface area (Å²) in [7, 11) is 0. The van der Waals surface area contributed by atoms with Gasteiger partial charge in [-0.1, -0.05) is 12.1 Å². The number of hydrogen-bond acceptors (Lipinski definition) is 4. The van der Waals surface area contributed by atoms with E-state index in [0.29, 0.717) is 25.4 Å². The van der Waals surface area contributed by atoms with Crippen LogP contribution in [0, 0.1) is 0 Å². The van der Waals surface area contributed by atoms with Crippen molar-refractivity contribution in [1.29, 1.82) is 0 Å². The number of nitrogens with zero attached hydrogens (tertiary/aromatic N) is 1. The van der Waals surface area contributed by atoms with E-state index >= 15 is 0 Å². The summed E-state index contributed by atoms with van der Waals surface area (Å²) in [6, 6.07) is 7.52. The van der Waals surface area contributed by atoms with Crippen molar-refractivity contribution in [1.82, 2.24) is 4.98 Å². The van der Waals surface area contributed by atoms with E-state index in [1.54, 1.807) is 0 Å². The molecule has 4 heteroatoms. The Morgan fingerprint density at radius 3 is 3.07 bits per heavy atom. The minimum absolute atomic E-state index is 0.302. The van der Waals surface area contributed by atoms with Crippen LogP contribution >= 0.6 is 0 Å². The van der Waals surface area contributed by atoms with Crippen molar-refractivity contribution in [2.75, 3.05) is 6.61 Å². The van der Waals surface area contributed by atoms with Gasteiger partial charge < -0.3 is 9.15 Å². The second kappa shape index (κ2) is 3.91. The first kappa shape index (κ1) is 8.74. The van der Waals surface area contributed by atoms with Gasteiger partial charge in [-0.15, -0.1) is 0 Å². The van der Waals surface area contributed by atoms with Crippen LogP contribution < -0.4 is 0 Å². The molecular weight excluding hydrogens is 182 g/mol. The van der Waals surface area contributed by atoms with Crippen LogP contribution in [0.15, 0.2) is 28.7 Å². The Kier molecular flexibility index (Phi) is 2.44. The fourth-order valence-corrected chi connectivity index (χ4v) is 1.22. The van der Waals surface area contributed by atoms with Gasteiger partial charge in [-0.2, -0.15) is 0 Å². The zero-order valence-electron chi connectivity index (χ0n) is 7.47. The molecule has 0 amide bonds. The molecule has 0 spiro atoms. The van der Waals surface area contributed by atoms with E-state index in [4.69, 9.17) is 4.42 Å². The Balaban J connectivity index is 2.14. The average molecular weight is 191 g/mol. The van der Waals surface area contributed by atoms with Gasteiger partial charge >= 0.3 is 0 Å². The molecule has 0 bridgehead atoms. The third kappa shape index (κ3) is 1.74. The molecule has 0 fully saturated rings. The van der Waals surface area contributed by atoms with Crippen LogP contribution in [-0.4, -0.2) is 18.1 Å². The minimum atomic E-state index is 0.302. The number of rotatable bonds is 4. The van der Waals surface area contributed by atoms with Gasteiger partial charge in [0.15, 0.2) is 11.5 Å². The summed E-state index contributed by atoms with van der Waals surface area (Å²) in [5, 5.41) is 0. The van der Waals surface area contributed by atoms with Crippen LogP contribution in [0.3, 0.4) is 0 Å². The Morgan fingerprint density at radius 1 is 1.43 bits per heavy atom. The summed E-state index contributed by atoms with van der Waals surface area (Å²) in [5.74, 6) is 0.591. The van der Waals surface area contributed by atoms with Gasteiger partial charge in [0.1, 0.15) is 5.52 Å². The molecule has 0 N–H and O–H groups in total. The first-order valence-electron chi connectivity index (χ1n) is 4.30. The number of carbonyl (C=O) groups excluding carboxylic acids is 1. The maximum absolute atomic E-state index is 9.89. The summed E-state index contributed by atoms with van der Waals surface area (Å²) >= 11 is 0. The number of fused-ring (bicyclic) bond motifs is 1. The standard InChI is InChI=1S/C10H9NO3/c12-7-13-6-5-10-11-8-3-1-2-4-9(8)14-10/h1-4,7H,5-6H2. The molecule has 0 aliphatic heterocycles. The summed E-state index contributed by atoms with van der Waals surface area (Å²) in [6.07, 6.45) is 0.507. The molecule has 1 heterocycles. The molecular formula is C10H9NO3. The van der Waals surface area contributed by atoms with Gasteiger partial charge in [0, 0.05) is 0 Å². The maximum atomic E-state index is 9.89. The minimum Gasteiger partial charge on any atom is -0.467 e. The van der Waals surface area contributed by atoms with Gasteiger partial charge in [0.2, 0.25) is 0 Å². The SMILES string of the molecule is O=COCCc1nc2ccccc2o1. The smallest absolute Gasteiger partial charge is 0.293 e. The van der Waals surface area contributed by atoms with Gasteiger partial charge in [-0.25, -0.2) is 4.98 Å². The average Bonchev–Trinajstić information content (AvgIpc) is 2.60. The van der Waals surface area contributed by atoms with Gasteiger partial charge in [0.05, 0.1) is 13.0 Å². The third-order valence-corrected chi connectivity index (χ3v) is 1.84. The lowest BCUT2D eigenvalue weighted by Crippen LogP contribution is -1.96. The van der Waals surface area contributed by atoms with Crippen molar-refractivity contribution in [3.63, 3.8) is 0 Å². The highest BCUT2D eigenvalue weighted by Crippen LogP contribution is 2.14. The van der Waals surface area contributed by atoms with Gasteiger partial charge in [0.25, 0.3) is 6.47 Å². The van der Waals surface area contributed by atoms with Crippen LogP contribution in [0.4, 0.5) is 0 Å². The first-order valence-corrected chi connectivity index (χ1v) is 4.30. The van der Waals surface area contributed by atoms with Crippen molar-refractivity contribution in [3.8, 4) is 0 Å². The maximum Gasteiger partial charge on any atom is 0.293 e. The number of ether oxygens (including phenoxy) is 1. The second-order valence-corrected chi connectivity index (χ2v) is 2.79. The summed E-state index contributed by atoms with van der Waals surface area (Å²) < 4.78 is 9.96. The number of benzene rings is 1. The molecule has 1 aromatic heterocycles. The fourth-order valence-electron chi connectivity index (χ4n) is 1.22. The molecule has 0 radical (unpaired) electrons. The fraction of sp³-hybridized carbons (Fsp3) is 0.200. The lowest BCUT2D eigenvalue weighted by Gasteiger charge is -1.92. The van der Waals surface area contributed by atoms with Crippen LogP contribution in [0.1, 0.15) is 5.89 Å². The molecule has 2 aromatic rings. The molecule has 0 aliphatic rings. The topological polar surface area (TPSA) is 52.3 Å². The lowest BCUT2D eigenvalue weighted by molar-refractivity contribution is -0.128. The molecule has 2 rings (SSSR count). The highest BCUT2D eigenvalue weighted by atomic mass is 16.5. The monoisotopic (exact) mass is 191 g/mol. The number of para-hydroxylation sites is 2. The second-order valence-electron chi connectivity index (χ2n) is 2.79. The predicted molar refractivity (Wildman–Crippen MR) is 49.7 cm³/mol. The van der Waals surface area contributed by atoms with Crippen LogP contribution in [0.2, 0.25) is 0 Å². The van der Waals surface area contributed by atoms with E-state index in [0.717, 1.165) is 11.1 Å². The van der Waals surface area contributed by atoms with E-state index in [-0.39, 0.29) is 0 Å². The van der Waals surface area contributed by atoms with Crippen LogP contribution in [0.25, 0.3) is 11.1 Å². The highest BCUT2D eigenvalue weighted by Gasteiger charge is 2.03. The summed E-state index contributed by atoms with van der Waals surface area (Å²) in [6.45, 7) is 0.721. The molecule has 0 aliphatic carbocycles. The van der Waals surface area contributed by atoms with E-state index in [9.17, 15) is 4.79 Å². The Hall–Kier alpha value is -1.84. The van der Waals surface area contributed by atoms with E-state index in [1.165, 1.54) is 0 Å². The predicted octanol–water partition coefficient (Wildman–Crippen LogP) is 1.54. The first-order chi connectivity index (χ1) is 6.90. The van der Waals surface area contributed by atoms with E-state index in [2.05, 4.69) is 9.72 Å². The highest BCUT2D eigenvalue weighted by molar-refractivity contribution is 5.72. The largest absolute Gasteiger partial charge is 0.467 e. The van der Waals surface area contributed by atoms with Crippen molar-refractivity contribution in [2.24, 2.45) is 0 Å². The molecule has 0 saturated heterocycles. The van der Waals surface area contributed by atoms with E-state index in [1.807, 2.05) is 24.3 Å². The normalized spacial score (nSPS) is 10.3. The van der Waals surface area contributed by atoms with Crippen LogP contribution in [-0.2, 0) is 16.0 Å². The van der Waals surface area contributed by atoms with Gasteiger partial charge in [-0.3, -0.25) is 4.79 Å². The van der Waals surface area contributed by atoms with Crippen molar-refractivity contribution in [3.05, 3.63) is 30.2 Å². The zero-order chi connectivity index (χ0) is 9.80. The van der Waals surface area contributed by atoms with Crippen molar-refractivity contribution >= 4 is 17.6 Å². The van der Waals surface area contributed by atoms with Crippen molar-refractivity contribution in [2.45, 2.75) is 6.42 Å². The zero-order valence-corrected chi connectivity index (χ0v) is 7.47. The Morgan fingerprint density at radius 2 is 2.29 bits per heavy atom. The molecule has 1 aromatic carbocycles. The molecule has 72 valence electrons. The number of carbonyl (C=O) groups is 1. The lowest BCUT2D eigenvalue weighted by atomic mass is 10.3. The summed E-state index contributed by atoms with van der Waals surface area (Å²) in [4.78, 5) is 14.1.